The first-order valence-electron chi connectivity index (χ1n) is 3.88. The SMILES string of the molecule is O=C1NC(c2ccc(Cl)cc2)C1Br. The average Bonchev–Trinajstić information content (AvgIpc) is 2.15. The molecular formula is C9H7BrClNO. The number of alkyl halides is 1. The third-order valence-corrected chi connectivity index (χ3v) is 3.27. The highest BCUT2D eigenvalue weighted by molar-refractivity contribution is 9.10. The summed E-state index contributed by atoms with van der Waals surface area (Å²) in [6.07, 6.45) is 0. The number of amides is 1. The van der Waals surface area contributed by atoms with Crippen molar-refractivity contribution in [2.75, 3.05) is 0 Å². The van der Waals surface area contributed by atoms with Gasteiger partial charge in [-0.05, 0) is 17.7 Å². The topological polar surface area (TPSA) is 29.1 Å². The van der Waals surface area contributed by atoms with Crippen molar-refractivity contribution in [2.24, 2.45) is 0 Å². The Morgan fingerprint density at radius 3 is 2.38 bits per heavy atom. The molecule has 1 aliphatic rings. The van der Waals surface area contributed by atoms with Crippen molar-refractivity contribution < 1.29 is 4.79 Å². The Kier molecular flexibility index (Phi) is 2.30. The molecule has 1 amide bonds. The summed E-state index contributed by atoms with van der Waals surface area (Å²) in [5.74, 6) is 0.0416. The highest BCUT2D eigenvalue weighted by Gasteiger charge is 2.37. The third-order valence-electron chi connectivity index (χ3n) is 2.07. The molecule has 13 heavy (non-hydrogen) atoms. The summed E-state index contributed by atoms with van der Waals surface area (Å²) in [7, 11) is 0. The molecule has 1 aliphatic heterocycles. The normalized spacial score (nSPS) is 26.5. The van der Waals surface area contributed by atoms with E-state index in [4.69, 9.17) is 11.6 Å². The van der Waals surface area contributed by atoms with Crippen LogP contribution < -0.4 is 5.32 Å². The molecule has 1 heterocycles. The van der Waals surface area contributed by atoms with Crippen LogP contribution in [0.15, 0.2) is 24.3 Å². The van der Waals surface area contributed by atoms with Crippen LogP contribution in [0.1, 0.15) is 11.6 Å². The maximum Gasteiger partial charge on any atom is 0.236 e. The smallest absolute Gasteiger partial charge is 0.236 e. The van der Waals surface area contributed by atoms with E-state index in [0.717, 1.165) is 5.56 Å². The van der Waals surface area contributed by atoms with Crippen LogP contribution in [-0.4, -0.2) is 10.7 Å². The van der Waals surface area contributed by atoms with Gasteiger partial charge in [-0.2, -0.15) is 0 Å². The molecule has 1 aromatic carbocycles. The molecule has 0 saturated carbocycles. The second kappa shape index (κ2) is 3.31. The number of hydrogen-bond donors (Lipinski definition) is 1. The predicted octanol–water partition coefficient (Wildman–Crippen LogP) is 2.27. The zero-order chi connectivity index (χ0) is 9.42. The second-order valence-electron chi connectivity index (χ2n) is 2.94. The Morgan fingerprint density at radius 1 is 1.31 bits per heavy atom. The van der Waals surface area contributed by atoms with Crippen molar-refractivity contribution in [2.45, 2.75) is 10.9 Å². The predicted molar refractivity (Wildman–Crippen MR) is 55.1 cm³/mol. The van der Waals surface area contributed by atoms with E-state index >= 15 is 0 Å². The van der Waals surface area contributed by atoms with Gasteiger partial charge < -0.3 is 5.32 Å². The summed E-state index contributed by atoms with van der Waals surface area (Å²) in [5.41, 5.74) is 1.07. The van der Waals surface area contributed by atoms with Crippen LogP contribution >= 0.6 is 27.5 Å². The molecule has 1 fully saturated rings. The van der Waals surface area contributed by atoms with Gasteiger partial charge in [0.2, 0.25) is 5.91 Å². The quantitative estimate of drug-likeness (QED) is 0.609. The second-order valence-corrected chi connectivity index (χ2v) is 4.36. The molecule has 1 N–H and O–H groups in total. The number of nitrogens with one attached hydrogen (secondary N) is 1. The number of carbonyl (C=O) groups is 1. The molecule has 0 spiro atoms. The number of hydrogen-bond acceptors (Lipinski definition) is 1. The lowest BCUT2D eigenvalue weighted by molar-refractivity contribution is -0.127. The Balaban J connectivity index is 2.18. The van der Waals surface area contributed by atoms with Crippen molar-refractivity contribution in [3.05, 3.63) is 34.9 Å². The van der Waals surface area contributed by atoms with Crippen molar-refractivity contribution in [3.63, 3.8) is 0 Å². The van der Waals surface area contributed by atoms with Crippen molar-refractivity contribution in [1.29, 1.82) is 0 Å². The van der Waals surface area contributed by atoms with Gasteiger partial charge in [0.05, 0.1) is 6.04 Å². The molecule has 2 nitrogen and oxygen atoms in total. The Labute approximate surface area is 89.4 Å². The molecule has 68 valence electrons. The minimum atomic E-state index is -0.103. The van der Waals surface area contributed by atoms with E-state index in [-0.39, 0.29) is 16.8 Å². The van der Waals surface area contributed by atoms with Gasteiger partial charge in [0, 0.05) is 5.02 Å². The fourth-order valence-electron chi connectivity index (χ4n) is 1.28. The first kappa shape index (κ1) is 9.03. The fourth-order valence-corrected chi connectivity index (χ4v) is 1.98. The monoisotopic (exact) mass is 259 g/mol. The third kappa shape index (κ3) is 1.58. The molecule has 0 bridgehead atoms. The van der Waals surface area contributed by atoms with E-state index in [1.807, 2.05) is 24.3 Å². The maximum absolute atomic E-state index is 10.9. The lowest BCUT2D eigenvalue weighted by atomic mass is 9.97. The molecule has 0 aromatic heterocycles. The van der Waals surface area contributed by atoms with Crippen LogP contribution in [0.4, 0.5) is 0 Å². The van der Waals surface area contributed by atoms with Gasteiger partial charge in [-0.25, -0.2) is 0 Å². The molecule has 2 atom stereocenters. The van der Waals surface area contributed by atoms with Gasteiger partial charge in [0.15, 0.2) is 0 Å². The molecule has 1 aromatic rings. The summed E-state index contributed by atoms with van der Waals surface area (Å²) in [5, 5.41) is 3.51. The van der Waals surface area contributed by atoms with Gasteiger partial charge >= 0.3 is 0 Å². The van der Waals surface area contributed by atoms with E-state index in [1.54, 1.807) is 0 Å². The van der Waals surface area contributed by atoms with E-state index in [9.17, 15) is 4.79 Å². The van der Waals surface area contributed by atoms with Crippen LogP contribution in [0, 0.1) is 0 Å². The van der Waals surface area contributed by atoms with Crippen molar-refractivity contribution in [1.82, 2.24) is 5.32 Å². The lowest BCUT2D eigenvalue weighted by Gasteiger charge is -2.33. The first-order valence-corrected chi connectivity index (χ1v) is 5.18. The Hall–Kier alpha value is -0.540. The summed E-state index contributed by atoms with van der Waals surface area (Å²) < 4.78 is 0. The first-order chi connectivity index (χ1) is 6.18. The van der Waals surface area contributed by atoms with Crippen LogP contribution in [0.5, 0.6) is 0 Å². The molecule has 0 radical (unpaired) electrons. The molecule has 4 heteroatoms. The summed E-state index contributed by atoms with van der Waals surface area (Å²) in [6, 6.07) is 7.56. The van der Waals surface area contributed by atoms with Crippen LogP contribution in [0.25, 0.3) is 0 Å². The largest absolute Gasteiger partial charge is 0.347 e. The zero-order valence-electron chi connectivity index (χ0n) is 6.63. The highest BCUT2D eigenvalue weighted by Crippen LogP contribution is 2.30. The van der Waals surface area contributed by atoms with Crippen LogP contribution in [0.2, 0.25) is 5.02 Å². The van der Waals surface area contributed by atoms with Gasteiger partial charge in [0.1, 0.15) is 4.83 Å². The summed E-state index contributed by atoms with van der Waals surface area (Å²) in [6.45, 7) is 0. The van der Waals surface area contributed by atoms with Gasteiger partial charge in [-0.15, -0.1) is 0 Å². The number of rotatable bonds is 1. The van der Waals surface area contributed by atoms with Crippen molar-refractivity contribution in [3.8, 4) is 0 Å². The van der Waals surface area contributed by atoms with Gasteiger partial charge in [-0.3, -0.25) is 4.79 Å². The van der Waals surface area contributed by atoms with E-state index in [2.05, 4.69) is 21.2 Å². The van der Waals surface area contributed by atoms with Crippen LogP contribution in [-0.2, 0) is 4.79 Å². The van der Waals surface area contributed by atoms with E-state index in [1.165, 1.54) is 0 Å². The highest BCUT2D eigenvalue weighted by atomic mass is 79.9. The minimum absolute atomic E-state index is 0.0416. The molecule has 1 saturated heterocycles. The molecule has 2 rings (SSSR count). The van der Waals surface area contributed by atoms with Crippen molar-refractivity contribution >= 4 is 33.4 Å². The maximum atomic E-state index is 10.9. The molecule has 2 unspecified atom stereocenters. The van der Waals surface area contributed by atoms with E-state index < -0.39 is 0 Å². The number of β-lactam (4-membered cyclic amide) rings is 1. The fraction of sp³-hybridized carbons (Fsp3) is 0.222. The summed E-state index contributed by atoms with van der Waals surface area (Å²) in [4.78, 5) is 10.8. The van der Waals surface area contributed by atoms with Gasteiger partial charge in [-0.1, -0.05) is 39.7 Å². The minimum Gasteiger partial charge on any atom is -0.347 e. The zero-order valence-corrected chi connectivity index (χ0v) is 8.97. The number of carbonyl (C=O) groups excluding carboxylic acids is 1. The Morgan fingerprint density at radius 2 is 1.92 bits per heavy atom. The lowest BCUT2D eigenvalue weighted by Crippen LogP contribution is -2.52. The number of halogens is 2. The Bertz CT molecular complexity index is 338. The van der Waals surface area contributed by atoms with Crippen LogP contribution in [0.3, 0.4) is 0 Å². The molecular weight excluding hydrogens is 253 g/mol. The molecule has 0 aliphatic carbocycles. The number of benzene rings is 1. The van der Waals surface area contributed by atoms with E-state index in [0.29, 0.717) is 5.02 Å². The standard InChI is InChI=1S/C9H7BrClNO/c10-7-8(12-9(7)13)5-1-3-6(11)4-2-5/h1-4,7-8H,(H,12,13). The average molecular weight is 261 g/mol. The summed E-state index contributed by atoms with van der Waals surface area (Å²) >= 11 is 9.05. The van der Waals surface area contributed by atoms with Gasteiger partial charge in [0.25, 0.3) is 0 Å².